The number of phenols is 4. The van der Waals surface area contributed by atoms with Crippen LogP contribution in [0.3, 0.4) is 0 Å². The van der Waals surface area contributed by atoms with Gasteiger partial charge in [0, 0.05) is 53.2 Å². The van der Waals surface area contributed by atoms with E-state index < -0.39 is 34.8 Å². The number of ether oxygens (including phenoxy) is 2. The Labute approximate surface area is 380 Å². The molecular weight excluding hydrogens is 999 g/mol. The molecule has 3 aliphatic rings. The Hall–Kier alpha value is -5.24. The van der Waals surface area contributed by atoms with Gasteiger partial charge in [-0.15, -0.1) is 0 Å². The summed E-state index contributed by atoms with van der Waals surface area (Å²) in [6.07, 6.45) is 3.89. The minimum atomic E-state index is -1.12. The summed E-state index contributed by atoms with van der Waals surface area (Å²) in [6.45, 7) is 9.66. The first kappa shape index (κ1) is 45.3. The van der Waals surface area contributed by atoms with Gasteiger partial charge in [0.1, 0.15) is 23.0 Å². The molecule has 0 spiro atoms. The fraction of sp³-hybridized carbons (Fsp3) is 0.340. The molecule has 0 saturated heterocycles. The maximum Gasteiger partial charge on any atom is 0.340 e. The first-order chi connectivity index (χ1) is 28.5. The minimum absolute atomic E-state index is 0. The van der Waals surface area contributed by atoms with Crippen LogP contribution < -0.4 is 0 Å². The van der Waals surface area contributed by atoms with Gasteiger partial charge in [-0.2, -0.15) is 0 Å². The van der Waals surface area contributed by atoms with E-state index in [1.807, 2.05) is 62.4 Å². The van der Waals surface area contributed by atoms with Crippen molar-refractivity contribution in [2.45, 2.75) is 77.7 Å². The molecule has 11 heteroatoms. The third kappa shape index (κ3) is 8.52. The van der Waals surface area contributed by atoms with Crippen molar-refractivity contribution in [2.75, 3.05) is 6.61 Å². The second-order valence-corrected chi connectivity index (χ2v) is 16.9. The summed E-state index contributed by atoms with van der Waals surface area (Å²) in [5, 5.41) is 49.5. The Bertz CT molecular complexity index is 2370. The summed E-state index contributed by atoms with van der Waals surface area (Å²) >= 11 is 0. The molecule has 316 valence electrons. The van der Waals surface area contributed by atoms with Crippen molar-refractivity contribution in [1.29, 1.82) is 0 Å². The fourth-order valence-electron chi connectivity index (χ4n) is 9.69. The van der Waals surface area contributed by atoms with E-state index in [0.717, 1.165) is 58.2 Å². The number of fused-ring (bicyclic) bond motifs is 3. The molecule has 4 unspecified atom stereocenters. The molecule has 61 heavy (non-hydrogen) atoms. The standard InChI is InChI=1S/C28H34O6.C22H18O4.U/c1-16-13-20(7-9-22(16)29)28(3,21-8-10-23(30)17(2)14-21)11-4-12-34-27(33)25-19-6-5-18(15-19)24(25)26(31)32;1-13-11-15(7-9-19(13)23)22(16-8-10-20(24)14(2)12-16)18-6-4-3-5-17(18)21(25)26-22;/h7-10,13-14,18-19,24-25,29-30H,4-6,11-12,15H2,1-3H3,(H,31,32);3-12,23-24H,1-2H3;. The zero-order chi connectivity index (χ0) is 43.1. The molecule has 0 aromatic heterocycles. The van der Waals surface area contributed by atoms with Crippen LogP contribution in [0.15, 0.2) is 97.1 Å². The Morgan fingerprint density at radius 3 is 1.67 bits per heavy atom. The second-order valence-electron chi connectivity index (χ2n) is 16.9. The van der Waals surface area contributed by atoms with E-state index in [2.05, 4.69) is 6.92 Å². The van der Waals surface area contributed by atoms with E-state index in [0.29, 0.717) is 29.5 Å². The number of carboxylic acids is 1. The smallest absolute Gasteiger partial charge is 0.340 e. The number of rotatable bonds is 10. The van der Waals surface area contributed by atoms with Gasteiger partial charge in [0.2, 0.25) is 0 Å². The molecule has 10 nitrogen and oxygen atoms in total. The van der Waals surface area contributed by atoms with Crippen LogP contribution >= 0.6 is 0 Å². The van der Waals surface area contributed by atoms with Gasteiger partial charge in [0.25, 0.3) is 0 Å². The average molecular weight is 1050 g/mol. The van der Waals surface area contributed by atoms with Crippen molar-refractivity contribution in [1.82, 2.24) is 0 Å². The van der Waals surface area contributed by atoms with Crippen LogP contribution in [0.1, 0.15) is 99.5 Å². The molecule has 5 aromatic rings. The number of carboxylic acid groups (broad SMARTS) is 1. The van der Waals surface area contributed by atoms with Crippen LogP contribution in [0.2, 0.25) is 0 Å². The van der Waals surface area contributed by atoms with Gasteiger partial charge in [0.15, 0.2) is 5.60 Å². The second kappa shape index (κ2) is 18.0. The number of hydrogen-bond donors (Lipinski definition) is 5. The third-order valence-electron chi connectivity index (χ3n) is 13.2. The molecule has 2 saturated carbocycles. The summed E-state index contributed by atoms with van der Waals surface area (Å²) in [7, 11) is 0. The van der Waals surface area contributed by atoms with Crippen molar-refractivity contribution < 1.29 is 80.5 Å². The molecule has 1 heterocycles. The average Bonchev–Trinajstić information content (AvgIpc) is 3.94. The topological polar surface area (TPSA) is 171 Å². The Morgan fingerprint density at radius 2 is 1.18 bits per heavy atom. The van der Waals surface area contributed by atoms with Crippen molar-refractivity contribution in [3.8, 4) is 23.0 Å². The van der Waals surface area contributed by atoms with E-state index in [9.17, 15) is 39.9 Å². The van der Waals surface area contributed by atoms with Crippen LogP contribution in [0.4, 0.5) is 0 Å². The predicted molar refractivity (Wildman–Crippen MR) is 225 cm³/mol. The van der Waals surface area contributed by atoms with Crippen molar-refractivity contribution in [3.63, 3.8) is 0 Å². The molecule has 2 aliphatic carbocycles. The van der Waals surface area contributed by atoms with E-state index in [4.69, 9.17) is 9.47 Å². The van der Waals surface area contributed by atoms with Gasteiger partial charge in [-0.3, -0.25) is 9.59 Å². The molecular formula is C50H52O10U. The van der Waals surface area contributed by atoms with Crippen LogP contribution in [-0.2, 0) is 30.1 Å². The summed E-state index contributed by atoms with van der Waals surface area (Å²) < 4.78 is 11.6. The van der Waals surface area contributed by atoms with E-state index >= 15 is 0 Å². The first-order valence-electron chi connectivity index (χ1n) is 20.5. The van der Waals surface area contributed by atoms with Crippen molar-refractivity contribution in [3.05, 3.63) is 153 Å². The Morgan fingerprint density at radius 1 is 0.705 bits per heavy atom. The van der Waals surface area contributed by atoms with E-state index in [1.165, 1.54) is 0 Å². The summed E-state index contributed by atoms with van der Waals surface area (Å²) in [5.41, 5.74) is 6.20. The quantitative estimate of drug-likeness (QED) is 0.0671. The van der Waals surface area contributed by atoms with Gasteiger partial charge in [0.05, 0.1) is 24.0 Å². The number of hydrogen-bond acceptors (Lipinski definition) is 9. The molecule has 5 aromatic carbocycles. The Kier molecular flexibility index (Phi) is 13.4. The molecule has 2 bridgehead atoms. The normalized spacial score (nSPS) is 19.5. The zero-order valence-electron chi connectivity index (χ0n) is 35.1. The predicted octanol–water partition coefficient (Wildman–Crippen LogP) is 9.27. The first-order valence-corrected chi connectivity index (χ1v) is 20.5. The number of esters is 2. The molecule has 0 radical (unpaired) electrons. The molecule has 8 rings (SSSR count). The zero-order valence-corrected chi connectivity index (χ0v) is 39.2. The molecule has 4 atom stereocenters. The maximum absolute atomic E-state index is 12.8. The number of carbonyl (C=O) groups excluding carboxylic acids is 2. The van der Waals surface area contributed by atoms with Crippen LogP contribution in [0, 0.1) is 82.5 Å². The Balaban J connectivity index is 0.000000207. The number of phenolic OH excluding ortho intramolecular Hbond substituents is 4. The number of aliphatic carboxylic acids is 1. The van der Waals surface area contributed by atoms with Gasteiger partial charge in [-0.1, -0.05) is 61.5 Å². The molecule has 0 amide bonds. The fourth-order valence-corrected chi connectivity index (χ4v) is 9.69. The van der Waals surface area contributed by atoms with Crippen molar-refractivity contribution in [2.24, 2.45) is 23.7 Å². The SMILES string of the molecule is Cc1cc(C(C)(CCCOC(=O)C2C3CCC(C3)C2C(=O)O)c2ccc(O)c(C)c2)ccc1O.Cc1cc(C2(c3ccc(O)c(C)c3)OC(=O)c3ccccc32)ccc1O.[U]. The summed E-state index contributed by atoms with van der Waals surface area (Å²) in [4.78, 5) is 37.2. The minimum Gasteiger partial charge on any atom is -0.508 e. The van der Waals surface area contributed by atoms with E-state index in [1.54, 1.807) is 62.4 Å². The maximum atomic E-state index is 12.8. The van der Waals surface area contributed by atoms with Crippen LogP contribution in [0.5, 0.6) is 23.0 Å². The largest absolute Gasteiger partial charge is 0.508 e. The number of aromatic hydroxyl groups is 4. The van der Waals surface area contributed by atoms with E-state index in [-0.39, 0.29) is 78.5 Å². The van der Waals surface area contributed by atoms with Gasteiger partial charge < -0.3 is 35.0 Å². The monoisotopic (exact) mass is 1050 g/mol. The summed E-state index contributed by atoms with van der Waals surface area (Å²) in [5.74, 6) is -1.72. The molecule has 1 aliphatic heterocycles. The molecule has 2 fully saturated rings. The molecule has 5 N–H and O–H groups in total. The number of cyclic esters (lactones) is 1. The van der Waals surface area contributed by atoms with Crippen LogP contribution in [-0.4, -0.2) is 50.0 Å². The van der Waals surface area contributed by atoms with Crippen LogP contribution in [0.25, 0.3) is 0 Å². The third-order valence-corrected chi connectivity index (χ3v) is 13.2. The number of carbonyl (C=O) groups is 3. The van der Waals surface area contributed by atoms with Crippen molar-refractivity contribution >= 4 is 17.9 Å². The number of benzene rings is 5. The number of aryl methyl sites for hydroxylation is 4. The summed E-state index contributed by atoms with van der Waals surface area (Å²) in [6, 6.07) is 28.8. The van der Waals surface area contributed by atoms with Gasteiger partial charge >= 0.3 is 17.9 Å². The van der Waals surface area contributed by atoms with Gasteiger partial charge in [-0.05, 0) is 147 Å². The van der Waals surface area contributed by atoms with Gasteiger partial charge in [-0.25, -0.2) is 4.79 Å².